The van der Waals surface area contributed by atoms with Crippen LogP contribution >= 0.6 is 0 Å². The van der Waals surface area contributed by atoms with E-state index in [4.69, 9.17) is 0 Å². The second-order valence-corrected chi connectivity index (χ2v) is 5.89. The molecular formula is C19H26N4O. The number of nitrogens with zero attached hydrogens (tertiary/aromatic N) is 3. The number of carbonyl (C=O) groups excluding carboxylic acids is 1. The van der Waals surface area contributed by atoms with Crippen molar-refractivity contribution in [3.05, 3.63) is 36.0 Å². The van der Waals surface area contributed by atoms with Crippen molar-refractivity contribution < 1.29 is 4.79 Å². The number of nitriles is 1. The molecule has 1 amide bonds. The Morgan fingerprint density at radius 1 is 1.21 bits per heavy atom. The Hall–Kier alpha value is -2.48. The number of rotatable bonds is 6. The molecule has 1 saturated heterocycles. The molecule has 1 N–H and O–H groups in total. The largest absolute Gasteiger partial charge is 0.372 e. The first-order chi connectivity index (χ1) is 11.7. The summed E-state index contributed by atoms with van der Waals surface area (Å²) in [4.78, 5) is 16.4. The minimum absolute atomic E-state index is 0.157. The van der Waals surface area contributed by atoms with Gasteiger partial charge in [0.2, 0.25) is 0 Å². The Kier molecular flexibility index (Phi) is 6.68. The summed E-state index contributed by atoms with van der Waals surface area (Å²) in [6, 6.07) is 10.0. The van der Waals surface area contributed by atoms with Crippen LogP contribution in [0.4, 0.5) is 11.4 Å². The molecular weight excluding hydrogens is 300 g/mol. The fraction of sp³-hybridized carbons (Fsp3) is 0.474. The van der Waals surface area contributed by atoms with Crippen LogP contribution in [0.15, 0.2) is 36.0 Å². The van der Waals surface area contributed by atoms with Crippen LogP contribution in [0.2, 0.25) is 0 Å². The van der Waals surface area contributed by atoms with Gasteiger partial charge in [0, 0.05) is 43.8 Å². The van der Waals surface area contributed by atoms with Crippen molar-refractivity contribution in [2.75, 3.05) is 36.4 Å². The number of nitrogens with one attached hydrogen (secondary N) is 1. The van der Waals surface area contributed by atoms with E-state index in [2.05, 4.69) is 24.1 Å². The molecule has 0 radical (unpaired) electrons. The van der Waals surface area contributed by atoms with Crippen LogP contribution in [0.3, 0.4) is 0 Å². The highest BCUT2D eigenvalue weighted by Crippen LogP contribution is 2.18. The number of hydrogen-bond acceptors (Lipinski definition) is 4. The SMILES string of the molecule is CCN(CC)c1ccc(N/C=C(/C#N)C(=O)N2CCCCC2)cc1. The van der Waals surface area contributed by atoms with Crippen LogP contribution in [0.25, 0.3) is 0 Å². The van der Waals surface area contributed by atoms with E-state index in [0.717, 1.165) is 51.1 Å². The number of piperidine rings is 1. The molecule has 0 spiro atoms. The highest BCUT2D eigenvalue weighted by Gasteiger charge is 2.20. The highest BCUT2D eigenvalue weighted by molar-refractivity contribution is 5.97. The number of carbonyl (C=O) groups is 1. The number of likely N-dealkylation sites (tertiary alicyclic amines) is 1. The van der Waals surface area contributed by atoms with Crippen LogP contribution in [0.1, 0.15) is 33.1 Å². The molecule has 0 unspecified atom stereocenters. The molecule has 0 aliphatic carbocycles. The number of benzene rings is 1. The summed E-state index contributed by atoms with van der Waals surface area (Å²) in [7, 11) is 0. The van der Waals surface area contributed by atoms with Crippen molar-refractivity contribution in [3.8, 4) is 6.07 Å². The summed E-state index contributed by atoms with van der Waals surface area (Å²) < 4.78 is 0. The molecule has 1 heterocycles. The van der Waals surface area contributed by atoms with Crippen molar-refractivity contribution >= 4 is 17.3 Å². The maximum absolute atomic E-state index is 12.4. The highest BCUT2D eigenvalue weighted by atomic mass is 16.2. The maximum atomic E-state index is 12.4. The Balaban J connectivity index is 2.02. The van der Waals surface area contributed by atoms with Gasteiger partial charge in [-0.2, -0.15) is 5.26 Å². The smallest absolute Gasteiger partial charge is 0.266 e. The molecule has 5 heteroatoms. The summed E-state index contributed by atoms with van der Waals surface area (Å²) in [5, 5.41) is 12.3. The van der Waals surface area contributed by atoms with E-state index in [-0.39, 0.29) is 11.5 Å². The van der Waals surface area contributed by atoms with Crippen molar-refractivity contribution in [2.24, 2.45) is 0 Å². The van der Waals surface area contributed by atoms with Crippen LogP contribution in [-0.2, 0) is 4.79 Å². The minimum Gasteiger partial charge on any atom is -0.372 e. The summed E-state index contributed by atoms with van der Waals surface area (Å²) in [5.41, 5.74) is 2.19. The molecule has 24 heavy (non-hydrogen) atoms. The molecule has 0 saturated carbocycles. The molecule has 1 aliphatic heterocycles. The van der Waals surface area contributed by atoms with Crippen molar-refractivity contribution in [2.45, 2.75) is 33.1 Å². The standard InChI is InChI=1S/C19H26N4O/c1-3-22(4-2)18-10-8-17(9-11-18)21-15-16(14-20)19(24)23-12-6-5-7-13-23/h8-11,15,21H,3-7,12-13H2,1-2H3/b16-15-. The first-order valence-corrected chi connectivity index (χ1v) is 8.70. The zero-order chi connectivity index (χ0) is 17.4. The fourth-order valence-electron chi connectivity index (χ4n) is 2.92. The molecule has 0 bridgehead atoms. The minimum atomic E-state index is -0.176. The lowest BCUT2D eigenvalue weighted by Crippen LogP contribution is -2.36. The fourth-order valence-corrected chi connectivity index (χ4v) is 2.92. The topological polar surface area (TPSA) is 59.4 Å². The van der Waals surface area contributed by atoms with Gasteiger partial charge in [0.25, 0.3) is 5.91 Å². The Bertz CT molecular complexity index is 605. The molecule has 0 atom stereocenters. The average molecular weight is 326 g/mol. The molecule has 0 aromatic heterocycles. The van der Waals surface area contributed by atoms with Crippen LogP contribution in [0, 0.1) is 11.3 Å². The lowest BCUT2D eigenvalue weighted by molar-refractivity contribution is -0.127. The van der Waals surface area contributed by atoms with Gasteiger partial charge in [-0.3, -0.25) is 4.79 Å². The third-order valence-corrected chi connectivity index (χ3v) is 4.37. The first kappa shape index (κ1) is 17.9. The van der Waals surface area contributed by atoms with E-state index in [9.17, 15) is 10.1 Å². The van der Waals surface area contributed by atoms with Gasteiger partial charge in [0.15, 0.2) is 0 Å². The molecule has 128 valence electrons. The van der Waals surface area contributed by atoms with Crippen LogP contribution in [0.5, 0.6) is 0 Å². The molecule has 1 aliphatic rings. The normalized spacial score (nSPS) is 14.9. The van der Waals surface area contributed by atoms with Gasteiger partial charge in [0.05, 0.1) is 0 Å². The summed E-state index contributed by atoms with van der Waals surface area (Å²) >= 11 is 0. The van der Waals surface area contributed by atoms with Gasteiger partial charge in [-0.1, -0.05) is 0 Å². The predicted molar refractivity (Wildman–Crippen MR) is 97.8 cm³/mol. The Labute approximate surface area is 144 Å². The third-order valence-electron chi connectivity index (χ3n) is 4.37. The summed E-state index contributed by atoms with van der Waals surface area (Å²) in [5.74, 6) is -0.176. The van der Waals surface area contributed by atoms with Crippen molar-refractivity contribution in [1.29, 1.82) is 5.26 Å². The summed E-state index contributed by atoms with van der Waals surface area (Å²) in [6.45, 7) is 7.68. The molecule has 1 aromatic carbocycles. The van der Waals surface area contributed by atoms with Gasteiger partial charge in [0.1, 0.15) is 11.6 Å². The first-order valence-electron chi connectivity index (χ1n) is 8.70. The molecule has 2 rings (SSSR count). The zero-order valence-electron chi connectivity index (χ0n) is 14.6. The number of anilines is 2. The van der Waals surface area contributed by atoms with Gasteiger partial charge < -0.3 is 15.1 Å². The number of amides is 1. The van der Waals surface area contributed by atoms with Gasteiger partial charge >= 0.3 is 0 Å². The molecule has 1 aromatic rings. The summed E-state index contributed by atoms with van der Waals surface area (Å²) in [6.07, 6.45) is 4.71. The van der Waals surface area contributed by atoms with Crippen LogP contribution < -0.4 is 10.2 Å². The Morgan fingerprint density at radius 3 is 2.38 bits per heavy atom. The molecule has 5 nitrogen and oxygen atoms in total. The zero-order valence-corrected chi connectivity index (χ0v) is 14.6. The van der Waals surface area contributed by atoms with E-state index >= 15 is 0 Å². The van der Waals surface area contributed by atoms with Crippen molar-refractivity contribution in [1.82, 2.24) is 4.90 Å². The quantitative estimate of drug-likeness (QED) is 0.643. The second-order valence-electron chi connectivity index (χ2n) is 5.89. The lowest BCUT2D eigenvalue weighted by Gasteiger charge is -2.26. The molecule has 1 fully saturated rings. The van der Waals surface area contributed by atoms with E-state index in [1.807, 2.05) is 30.3 Å². The number of hydrogen-bond donors (Lipinski definition) is 1. The lowest BCUT2D eigenvalue weighted by atomic mass is 10.1. The van der Waals surface area contributed by atoms with E-state index in [0.29, 0.717) is 0 Å². The van der Waals surface area contributed by atoms with Gasteiger partial charge in [-0.15, -0.1) is 0 Å². The maximum Gasteiger partial charge on any atom is 0.266 e. The van der Waals surface area contributed by atoms with Gasteiger partial charge in [-0.05, 0) is 57.4 Å². The average Bonchev–Trinajstić information content (AvgIpc) is 2.65. The Morgan fingerprint density at radius 2 is 1.83 bits per heavy atom. The van der Waals surface area contributed by atoms with E-state index < -0.39 is 0 Å². The second kappa shape index (κ2) is 8.97. The van der Waals surface area contributed by atoms with Crippen molar-refractivity contribution in [3.63, 3.8) is 0 Å². The monoisotopic (exact) mass is 326 g/mol. The van der Waals surface area contributed by atoms with Crippen LogP contribution in [-0.4, -0.2) is 37.0 Å². The predicted octanol–water partition coefficient (Wildman–Crippen LogP) is 3.36. The van der Waals surface area contributed by atoms with E-state index in [1.165, 1.54) is 11.9 Å². The third kappa shape index (κ3) is 4.51. The van der Waals surface area contributed by atoms with E-state index in [1.54, 1.807) is 4.90 Å². The van der Waals surface area contributed by atoms with Gasteiger partial charge in [-0.25, -0.2) is 0 Å².